The Labute approximate surface area is 160 Å². The van der Waals surface area contributed by atoms with E-state index in [9.17, 15) is 9.59 Å². The predicted molar refractivity (Wildman–Crippen MR) is 102 cm³/mol. The van der Waals surface area contributed by atoms with Gasteiger partial charge in [-0.15, -0.1) is 0 Å². The summed E-state index contributed by atoms with van der Waals surface area (Å²) in [5.41, 5.74) is 6.41. The zero-order chi connectivity index (χ0) is 19.4. The number of hydrogen-bond acceptors (Lipinski definition) is 5. The molecule has 27 heavy (non-hydrogen) atoms. The summed E-state index contributed by atoms with van der Waals surface area (Å²) in [5.74, 6) is 0.956. The second-order valence-electron chi connectivity index (χ2n) is 7.68. The summed E-state index contributed by atoms with van der Waals surface area (Å²) in [6, 6.07) is 5.25. The Morgan fingerprint density at radius 2 is 1.81 bits per heavy atom. The summed E-state index contributed by atoms with van der Waals surface area (Å²) in [6.07, 6.45) is 3.80. The van der Waals surface area contributed by atoms with Crippen LogP contribution >= 0.6 is 0 Å². The molecule has 0 saturated heterocycles. The molecule has 2 amide bonds. The summed E-state index contributed by atoms with van der Waals surface area (Å²) in [5, 5.41) is 5.78. The van der Waals surface area contributed by atoms with Crippen LogP contribution in [0.25, 0.3) is 0 Å². The van der Waals surface area contributed by atoms with Crippen LogP contribution in [0.15, 0.2) is 18.2 Å². The van der Waals surface area contributed by atoms with Gasteiger partial charge in [0.1, 0.15) is 13.2 Å². The minimum absolute atomic E-state index is 0.0203. The van der Waals surface area contributed by atoms with Crippen LogP contribution in [0.3, 0.4) is 0 Å². The molecule has 7 heteroatoms. The molecule has 148 valence electrons. The Hall–Kier alpha value is -2.28. The van der Waals surface area contributed by atoms with Gasteiger partial charge in [0.25, 0.3) is 0 Å². The van der Waals surface area contributed by atoms with Gasteiger partial charge in [-0.05, 0) is 36.5 Å². The molecule has 1 aromatic carbocycles. The summed E-state index contributed by atoms with van der Waals surface area (Å²) in [7, 11) is 0. The van der Waals surface area contributed by atoms with Gasteiger partial charge >= 0.3 is 0 Å². The molecule has 3 rings (SSSR count). The summed E-state index contributed by atoms with van der Waals surface area (Å²) in [6.45, 7) is 4.75. The second kappa shape index (κ2) is 8.17. The molecule has 1 aliphatic carbocycles. The largest absolute Gasteiger partial charge is 0.486 e. The Morgan fingerprint density at radius 3 is 2.48 bits per heavy atom. The van der Waals surface area contributed by atoms with Crippen LogP contribution < -0.4 is 25.8 Å². The third-order valence-electron chi connectivity index (χ3n) is 5.37. The van der Waals surface area contributed by atoms with E-state index in [2.05, 4.69) is 10.6 Å². The fraction of sp³-hybridized carbons (Fsp3) is 0.600. The maximum atomic E-state index is 12.5. The van der Waals surface area contributed by atoms with Gasteiger partial charge in [-0.3, -0.25) is 9.59 Å². The van der Waals surface area contributed by atoms with Gasteiger partial charge in [-0.1, -0.05) is 32.8 Å². The van der Waals surface area contributed by atoms with Crippen LogP contribution in [-0.4, -0.2) is 37.6 Å². The maximum Gasteiger partial charge on any atom is 0.240 e. The van der Waals surface area contributed by atoms with Crippen LogP contribution in [0, 0.1) is 5.92 Å². The molecule has 0 unspecified atom stereocenters. The molecule has 1 fully saturated rings. The summed E-state index contributed by atoms with van der Waals surface area (Å²) >= 11 is 0. The number of benzene rings is 1. The van der Waals surface area contributed by atoms with E-state index in [1.807, 2.05) is 32.0 Å². The highest BCUT2D eigenvalue weighted by atomic mass is 16.6. The number of carbonyl (C=O) groups excluding carboxylic acids is 2. The van der Waals surface area contributed by atoms with Gasteiger partial charge in [-0.2, -0.15) is 0 Å². The average Bonchev–Trinajstić information content (AvgIpc) is 3.14. The quantitative estimate of drug-likeness (QED) is 0.698. The van der Waals surface area contributed by atoms with Crippen molar-refractivity contribution in [1.29, 1.82) is 0 Å². The molecule has 1 heterocycles. The van der Waals surface area contributed by atoms with E-state index in [0.29, 0.717) is 13.2 Å². The summed E-state index contributed by atoms with van der Waals surface area (Å²) < 4.78 is 11.3. The highest BCUT2D eigenvalue weighted by molar-refractivity contribution is 5.87. The number of ether oxygens (including phenoxy) is 2. The molecule has 0 bridgehead atoms. The molecule has 4 N–H and O–H groups in total. The molecule has 2 aliphatic rings. The van der Waals surface area contributed by atoms with Gasteiger partial charge in [0.05, 0.1) is 18.1 Å². The zero-order valence-electron chi connectivity index (χ0n) is 16.0. The van der Waals surface area contributed by atoms with Gasteiger partial charge in [-0.25, -0.2) is 0 Å². The van der Waals surface area contributed by atoms with E-state index < -0.39 is 11.6 Å². The smallest absolute Gasteiger partial charge is 0.240 e. The van der Waals surface area contributed by atoms with E-state index >= 15 is 0 Å². The zero-order valence-corrected chi connectivity index (χ0v) is 16.0. The van der Waals surface area contributed by atoms with Gasteiger partial charge in [0, 0.05) is 0 Å². The van der Waals surface area contributed by atoms with Crippen molar-refractivity contribution in [2.75, 3.05) is 19.8 Å². The molecule has 0 aromatic heterocycles. The molecule has 7 nitrogen and oxygen atoms in total. The van der Waals surface area contributed by atoms with Crippen molar-refractivity contribution in [3.63, 3.8) is 0 Å². The normalized spacial score (nSPS) is 18.8. The molecular weight excluding hydrogens is 346 g/mol. The molecule has 1 aliphatic heterocycles. The van der Waals surface area contributed by atoms with E-state index in [4.69, 9.17) is 15.2 Å². The van der Waals surface area contributed by atoms with E-state index in [-0.39, 0.29) is 24.3 Å². The summed E-state index contributed by atoms with van der Waals surface area (Å²) in [4.78, 5) is 24.5. The predicted octanol–water partition coefficient (Wildman–Crippen LogP) is 1.44. The maximum absolute atomic E-state index is 12.5. The number of rotatable bonds is 6. The number of nitrogens with one attached hydrogen (secondary N) is 2. The van der Waals surface area contributed by atoms with Crippen molar-refractivity contribution in [3.05, 3.63) is 23.8 Å². The first-order chi connectivity index (χ1) is 12.9. The van der Waals surface area contributed by atoms with Crippen LogP contribution in [0.4, 0.5) is 0 Å². The third-order valence-corrected chi connectivity index (χ3v) is 5.37. The first kappa shape index (κ1) is 19.5. The van der Waals surface area contributed by atoms with E-state index in [0.717, 1.165) is 42.7 Å². The van der Waals surface area contributed by atoms with Crippen LogP contribution in [0.5, 0.6) is 11.5 Å². The first-order valence-corrected chi connectivity index (χ1v) is 9.66. The van der Waals surface area contributed by atoms with E-state index in [1.165, 1.54) is 0 Å². The van der Waals surface area contributed by atoms with Crippen molar-refractivity contribution in [3.8, 4) is 11.5 Å². The van der Waals surface area contributed by atoms with Crippen LogP contribution in [0.2, 0.25) is 0 Å². The highest BCUT2D eigenvalue weighted by Gasteiger charge is 2.38. The number of carbonyl (C=O) groups is 2. The fourth-order valence-electron chi connectivity index (χ4n) is 3.70. The van der Waals surface area contributed by atoms with Crippen molar-refractivity contribution in [2.24, 2.45) is 11.7 Å². The first-order valence-electron chi connectivity index (χ1n) is 9.66. The number of hydrogen-bond donors (Lipinski definition) is 3. The molecular formula is C20H29N3O4. The minimum Gasteiger partial charge on any atom is -0.486 e. The minimum atomic E-state index is -0.615. The van der Waals surface area contributed by atoms with Crippen molar-refractivity contribution >= 4 is 11.8 Å². The highest BCUT2D eigenvalue weighted by Crippen LogP contribution is 2.42. The molecule has 0 spiro atoms. The number of fused-ring (bicyclic) bond motifs is 1. The molecule has 1 atom stereocenters. The Kier molecular flexibility index (Phi) is 5.89. The van der Waals surface area contributed by atoms with Crippen molar-refractivity contribution in [2.45, 2.75) is 51.1 Å². The Balaban J connectivity index is 1.68. The van der Waals surface area contributed by atoms with Crippen LogP contribution in [0.1, 0.15) is 45.1 Å². The SMILES string of the molecule is CC(C)[C@H](N)C(=O)NCC(=O)NC1(c2ccc3c(c2)OCCO3)CCCC1. The van der Waals surface area contributed by atoms with Crippen molar-refractivity contribution < 1.29 is 19.1 Å². The van der Waals surface area contributed by atoms with Crippen LogP contribution in [-0.2, 0) is 15.1 Å². The van der Waals surface area contributed by atoms with Crippen molar-refractivity contribution in [1.82, 2.24) is 10.6 Å². The Bertz CT molecular complexity index is 698. The van der Waals surface area contributed by atoms with Gasteiger partial charge < -0.3 is 25.8 Å². The average molecular weight is 375 g/mol. The number of nitrogens with two attached hydrogens (primary N) is 1. The lowest BCUT2D eigenvalue weighted by Crippen LogP contribution is -2.51. The lowest BCUT2D eigenvalue weighted by Gasteiger charge is -2.32. The fourth-order valence-corrected chi connectivity index (χ4v) is 3.70. The lowest BCUT2D eigenvalue weighted by atomic mass is 9.87. The topological polar surface area (TPSA) is 103 Å². The Morgan fingerprint density at radius 1 is 1.15 bits per heavy atom. The molecule has 1 aromatic rings. The third kappa shape index (κ3) is 4.35. The van der Waals surface area contributed by atoms with Gasteiger partial charge in [0.15, 0.2) is 11.5 Å². The number of amides is 2. The molecule has 1 saturated carbocycles. The monoisotopic (exact) mass is 375 g/mol. The lowest BCUT2D eigenvalue weighted by molar-refractivity contribution is -0.128. The van der Waals surface area contributed by atoms with Gasteiger partial charge in [0.2, 0.25) is 11.8 Å². The second-order valence-corrected chi connectivity index (χ2v) is 7.68. The standard InChI is InChI=1S/C20H29N3O4/c1-13(2)18(21)19(25)22-12-17(24)23-20(7-3-4-8-20)14-5-6-15-16(11-14)27-10-9-26-15/h5-6,11,13,18H,3-4,7-10,12,21H2,1-2H3,(H,22,25)(H,23,24)/t18-/m0/s1. The molecule has 0 radical (unpaired) electrons. The van der Waals surface area contributed by atoms with E-state index in [1.54, 1.807) is 0 Å².